The number of nitrogens with zero attached hydrogens (tertiary/aromatic N) is 2. The Morgan fingerprint density at radius 1 is 1.15 bits per heavy atom. The number of carbonyl (C=O) groups is 2. The van der Waals surface area contributed by atoms with Crippen LogP contribution in [0.25, 0.3) is 0 Å². The number of hydrogen-bond acceptors (Lipinski definition) is 4. The first-order valence-electron chi connectivity index (χ1n) is 5.71. The summed E-state index contributed by atoms with van der Waals surface area (Å²) in [5.74, 6) is -0.617. The molecule has 1 aromatic carbocycles. The van der Waals surface area contributed by atoms with Gasteiger partial charge in [0, 0.05) is 18.3 Å². The van der Waals surface area contributed by atoms with E-state index in [4.69, 9.17) is 11.6 Å². The molecule has 0 aliphatic rings. The smallest absolute Gasteiger partial charge is 0.275 e. The molecule has 0 radical (unpaired) electrons. The van der Waals surface area contributed by atoms with Crippen LogP contribution in [0, 0.1) is 0 Å². The van der Waals surface area contributed by atoms with E-state index in [0.717, 1.165) is 0 Å². The Labute approximate surface area is 120 Å². The number of benzene rings is 1. The minimum absolute atomic E-state index is 0.113. The topological polar surface area (TPSA) is 84.0 Å². The number of aromatic nitrogens is 2. The molecule has 2 aromatic rings. The molecule has 0 saturated heterocycles. The van der Waals surface area contributed by atoms with E-state index < -0.39 is 5.91 Å². The number of nitrogens with one attached hydrogen (secondary N) is 2. The number of hydrogen-bond donors (Lipinski definition) is 2. The van der Waals surface area contributed by atoms with Crippen molar-refractivity contribution >= 4 is 34.8 Å². The van der Waals surface area contributed by atoms with Crippen LogP contribution in [0.4, 0.5) is 11.4 Å². The van der Waals surface area contributed by atoms with Crippen molar-refractivity contribution in [3.63, 3.8) is 0 Å². The van der Waals surface area contributed by atoms with Crippen LogP contribution >= 0.6 is 11.6 Å². The van der Waals surface area contributed by atoms with E-state index >= 15 is 0 Å². The Bertz CT molecular complexity index is 660. The van der Waals surface area contributed by atoms with Crippen LogP contribution in [-0.4, -0.2) is 21.8 Å². The second kappa shape index (κ2) is 6.12. The van der Waals surface area contributed by atoms with Crippen LogP contribution in [0.5, 0.6) is 0 Å². The van der Waals surface area contributed by atoms with Gasteiger partial charge in [-0.1, -0.05) is 17.7 Å². The number of rotatable bonds is 3. The van der Waals surface area contributed by atoms with Gasteiger partial charge in [0.2, 0.25) is 5.91 Å². The van der Waals surface area contributed by atoms with E-state index in [0.29, 0.717) is 11.4 Å². The molecule has 0 fully saturated rings. The fourth-order valence-corrected chi connectivity index (χ4v) is 1.67. The van der Waals surface area contributed by atoms with Crippen LogP contribution in [0.15, 0.2) is 36.7 Å². The lowest BCUT2D eigenvalue weighted by molar-refractivity contribution is -0.114. The molecule has 0 spiro atoms. The average Bonchev–Trinajstić information content (AvgIpc) is 2.38. The molecule has 1 heterocycles. The highest BCUT2D eigenvalue weighted by atomic mass is 35.5. The standard InChI is InChI=1S/C13H11ClN4O2/c1-8(19)16-9-3-2-4-10(5-9)17-13(20)11-6-15-7-12(14)18-11/h2-7H,1H3,(H,16,19)(H,17,20). The predicted molar refractivity (Wildman–Crippen MR) is 75.7 cm³/mol. The molecule has 0 unspecified atom stereocenters. The number of anilines is 2. The Morgan fingerprint density at radius 2 is 1.85 bits per heavy atom. The van der Waals surface area contributed by atoms with Crippen LogP contribution in [0.3, 0.4) is 0 Å². The van der Waals surface area contributed by atoms with Crippen LogP contribution in [0.1, 0.15) is 17.4 Å². The molecule has 0 bridgehead atoms. The molecule has 1 aromatic heterocycles. The largest absolute Gasteiger partial charge is 0.326 e. The summed E-state index contributed by atoms with van der Waals surface area (Å²) >= 11 is 5.67. The summed E-state index contributed by atoms with van der Waals surface area (Å²) in [6.45, 7) is 1.41. The van der Waals surface area contributed by atoms with Gasteiger partial charge in [-0.05, 0) is 18.2 Å². The third-order valence-electron chi connectivity index (χ3n) is 2.28. The summed E-state index contributed by atoms with van der Waals surface area (Å²) in [6.07, 6.45) is 2.66. The third kappa shape index (κ3) is 3.76. The lowest BCUT2D eigenvalue weighted by Crippen LogP contribution is -2.14. The van der Waals surface area contributed by atoms with Gasteiger partial charge in [0.25, 0.3) is 5.91 Å². The summed E-state index contributed by atoms with van der Waals surface area (Å²) in [5.41, 5.74) is 1.23. The zero-order valence-corrected chi connectivity index (χ0v) is 11.3. The summed E-state index contributed by atoms with van der Waals surface area (Å²) < 4.78 is 0. The maximum atomic E-state index is 11.9. The second-order valence-corrected chi connectivity index (χ2v) is 4.33. The van der Waals surface area contributed by atoms with E-state index in [-0.39, 0.29) is 16.8 Å². The fourth-order valence-electron chi connectivity index (χ4n) is 1.52. The number of halogens is 1. The van der Waals surface area contributed by atoms with Gasteiger partial charge in [0.05, 0.1) is 12.4 Å². The Kier molecular flexibility index (Phi) is 4.27. The SMILES string of the molecule is CC(=O)Nc1cccc(NC(=O)c2cncc(Cl)n2)c1. The molecule has 0 aliphatic carbocycles. The maximum absolute atomic E-state index is 11.9. The second-order valence-electron chi connectivity index (χ2n) is 3.94. The zero-order valence-electron chi connectivity index (χ0n) is 10.6. The van der Waals surface area contributed by atoms with Crippen molar-refractivity contribution in [1.82, 2.24) is 9.97 Å². The molecule has 20 heavy (non-hydrogen) atoms. The molecular formula is C13H11ClN4O2. The molecule has 2 rings (SSSR count). The van der Waals surface area contributed by atoms with Crippen molar-refractivity contribution in [2.24, 2.45) is 0 Å². The van der Waals surface area contributed by atoms with E-state index in [2.05, 4.69) is 20.6 Å². The summed E-state index contributed by atoms with van der Waals surface area (Å²) in [7, 11) is 0. The van der Waals surface area contributed by atoms with Crippen molar-refractivity contribution in [2.75, 3.05) is 10.6 Å². The van der Waals surface area contributed by atoms with E-state index in [1.807, 2.05) is 0 Å². The lowest BCUT2D eigenvalue weighted by atomic mass is 10.2. The van der Waals surface area contributed by atoms with Gasteiger partial charge in [0.1, 0.15) is 10.8 Å². The highest BCUT2D eigenvalue weighted by Crippen LogP contribution is 2.16. The number of amides is 2. The molecule has 102 valence electrons. The molecule has 0 aliphatic heterocycles. The first kappa shape index (κ1) is 14.0. The molecule has 0 saturated carbocycles. The van der Waals surface area contributed by atoms with Gasteiger partial charge in [-0.2, -0.15) is 0 Å². The zero-order chi connectivity index (χ0) is 14.5. The van der Waals surface area contributed by atoms with E-state index in [1.165, 1.54) is 19.3 Å². The molecule has 2 amide bonds. The maximum Gasteiger partial charge on any atom is 0.275 e. The average molecular weight is 291 g/mol. The van der Waals surface area contributed by atoms with Gasteiger partial charge in [0.15, 0.2) is 0 Å². The Hall–Kier alpha value is -2.47. The Morgan fingerprint density at radius 3 is 2.50 bits per heavy atom. The minimum atomic E-state index is -0.431. The summed E-state index contributed by atoms with van der Waals surface area (Å²) in [6, 6.07) is 6.76. The summed E-state index contributed by atoms with van der Waals surface area (Å²) in [5, 5.41) is 5.42. The molecule has 7 heteroatoms. The fraction of sp³-hybridized carbons (Fsp3) is 0.0769. The van der Waals surface area contributed by atoms with Crippen molar-refractivity contribution in [3.8, 4) is 0 Å². The Balaban J connectivity index is 2.13. The van der Waals surface area contributed by atoms with Crippen molar-refractivity contribution in [1.29, 1.82) is 0 Å². The van der Waals surface area contributed by atoms with E-state index in [1.54, 1.807) is 24.3 Å². The predicted octanol–water partition coefficient (Wildman–Crippen LogP) is 2.34. The number of carbonyl (C=O) groups excluding carboxylic acids is 2. The van der Waals surface area contributed by atoms with Gasteiger partial charge in [-0.3, -0.25) is 14.6 Å². The van der Waals surface area contributed by atoms with Gasteiger partial charge in [-0.15, -0.1) is 0 Å². The first-order chi connectivity index (χ1) is 9.54. The van der Waals surface area contributed by atoms with Gasteiger partial charge >= 0.3 is 0 Å². The highest BCUT2D eigenvalue weighted by Gasteiger charge is 2.09. The van der Waals surface area contributed by atoms with Crippen LogP contribution < -0.4 is 10.6 Å². The monoisotopic (exact) mass is 290 g/mol. The molecule has 2 N–H and O–H groups in total. The van der Waals surface area contributed by atoms with Crippen LogP contribution in [-0.2, 0) is 4.79 Å². The van der Waals surface area contributed by atoms with Crippen molar-refractivity contribution in [3.05, 3.63) is 47.5 Å². The molecular weight excluding hydrogens is 280 g/mol. The summed E-state index contributed by atoms with van der Waals surface area (Å²) in [4.78, 5) is 30.6. The third-order valence-corrected chi connectivity index (χ3v) is 2.46. The quantitative estimate of drug-likeness (QED) is 0.909. The van der Waals surface area contributed by atoms with Gasteiger partial charge < -0.3 is 10.6 Å². The highest BCUT2D eigenvalue weighted by molar-refractivity contribution is 6.29. The van der Waals surface area contributed by atoms with Crippen molar-refractivity contribution in [2.45, 2.75) is 6.92 Å². The van der Waals surface area contributed by atoms with Crippen molar-refractivity contribution < 1.29 is 9.59 Å². The molecule has 6 nitrogen and oxygen atoms in total. The van der Waals surface area contributed by atoms with E-state index in [9.17, 15) is 9.59 Å². The first-order valence-corrected chi connectivity index (χ1v) is 6.09. The normalized spacial score (nSPS) is 9.90. The van der Waals surface area contributed by atoms with Crippen LogP contribution in [0.2, 0.25) is 5.15 Å². The lowest BCUT2D eigenvalue weighted by Gasteiger charge is -2.07. The van der Waals surface area contributed by atoms with Gasteiger partial charge in [-0.25, -0.2) is 4.98 Å². The minimum Gasteiger partial charge on any atom is -0.326 e. The molecule has 0 atom stereocenters.